The molecule has 1 heterocycles. The molecule has 2 aromatic carbocycles. The van der Waals surface area contributed by atoms with E-state index in [1.54, 1.807) is 7.11 Å². The van der Waals surface area contributed by atoms with E-state index in [-0.39, 0.29) is 23.7 Å². The van der Waals surface area contributed by atoms with Gasteiger partial charge < -0.3 is 14.4 Å². The fraction of sp³-hybridized carbons (Fsp3) is 0.417. The summed E-state index contributed by atoms with van der Waals surface area (Å²) in [5, 5.41) is 0. The lowest BCUT2D eigenvalue weighted by Gasteiger charge is -2.31. The van der Waals surface area contributed by atoms with Crippen LogP contribution in [0.4, 0.5) is 0 Å². The van der Waals surface area contributed by atoms with Gasteiger partial charge in [0.1, 0.15) is 5.75 Å². The van der Waals surface area contributed by atoms with Crippen LogP contribution in [0.1, 0.15) is 53.0 Å². The molecule has 0 radical (unpaired) electrons. The molecule has 2 aromatic rings. The summed E-state index contributed by atoms with van der Waals surface area (Å²) in [7, 11) is 1.61. The van der Waals surface area contributed by atoms with Crippen LogP contribution >= 0.6 is 0 Å². The maximum Gasteiger partial charge on any atom is 0.253 e. The summed E-state index contributed by atoms with van der Waals surface area (Å²) in [5.74, 6) is 0.873. The number of hydrogen-bond donors (Lipinski definition) is 0. The first kappa shape index (κ1) is 21.1. The fourth-order valence-corrected chi connectivity index (χ4v) is 3.52. The molecule has 5 heteroatoms. The van der Waals surface area contributed by atoms with Crippen LogP contribution in [0.2, 0.25) is 0 Å². The molecule has 154 valence electrons. The minimum absolute atomic E-state index is 0.0247. The summed E-state index contributed by atoms with van der Waals surface area (Å²) in [5.41, 5.74) is 2.44. The van der Waals surface area contributed by atoms with E-state index in [9.17, 15) is 9.59 Å². The van der Waals surface area contributed by atoms with E-state index >= 15 is 0 Å². The maximum absolute atomic E-state index is 12.8. The van der Waals surface area contributed by atoms with E-state index in [2.05, 4.69) is 0 Å². The van der Waals surface area contributed by atoms with Gasteiger partial charge in [-0.15, -0.1) is 0 Å². The highest BCUT2D eigenvalue weighted by atomic mass is 16.5. The van der Waals surface area contributed by atoms with Gasteiger partial charge in [-0.25, -0.2) is 0 Å². The molecule has 3 rings (SSSR count). The van der Waals surface area contributed by atoms with Crippen molar-refractivity contribution in [3.8, 4) is 5.75 Å². The monoisotopic (exact) mass is 395 g/mol. The summed E-state index contributed by atoms with van der Waals surface area (Å²) in [6, 6.07) is 14.8. The summed E-state index contributed by atoms with van der Waals surface area (Å²) in [6.45, 7) is 5.75. The Morgan fingerprint density at radius 3 is 2.10 bits per heavy atom. The minimum atomic E-state index is -0.0389. The number of carbonyl (C=O) groups is 2. The van der Waals surface area contributed by atoms with E-state index in [1.807, 2.05) is 67.3 Å². The third-order valence-electron chi connectivity index (χ3n) is 5.31. The molecule has 0 bridgehead atoms. The standard InChI is InChI=1S/C24H29NO4/c1-17(2)29-16-18-4-6-21(7-5-18)24(27)25-14-12-20(13-15-25)23(26)19-8-10-22(28-3)11-9-19/h4-11,17,20H,12-16H2,1-3H3. The first-order valence-corrected chi connectivity index (χ1v) is 10.2. The van der Waals surface area contributed by atoms with Gasteiger partial charge in [0, 0.05) is 30.1 Å². The number of likely N-dealkylation sites (tertiary alicyclic amines) is 1. The van der Waals surface area contributed by atoms with Crippen molar-refractivity contribution < 1.29 is 19.1 Å². The summed E-state index contributed by atoms with van der Waals surface area (Å²) >= 11 is 0. The highest BCUT2D eigenvalue weighted by Crippen LogP contribution is 2.24. The van der Waals surface area contributed by atoms with E-state index in [1.165, 1.54) is 0 Å². The lowest BCUT2D eigenvalue weighted by atomic mass is 9.88. The quantitative estimate of drug-likeness (QED) is 0.654. The summed E-state index contributed by atoms with van der Waals surface area (Å²) < 4.78 is 10.7. The molecule has 0 unspecified atom stereocenters. The van der Waals surface area contributed by atoms with Gasteiger partial charge in [-0.05, 0) is 68.7 Å². The van der Waals surface area contributed by atoms with Gasteiger partial charge in [0.2, 0.25) is 0 Å². The molecule has 5 nitrogen and oxygen atoms in total. The molecule has 0 aromatic heterocycles. The van der Waals surface area contributed by atoms with Crippen LogP contribution in [0, 0.1) is 5.92 Å². The van der Waals surface area contributed by atoms with E-state index < -0.39 is 0 Å². The predicted molar refractivity (Wildman–Crippen MR) is 112 cm³/mol. The molecule has 0 spiro atoms. The summed E-state index contributed by atoms with van der Waals surface area (Å²) in [6.07, 6.45) is 1.56. The highest BCUT2D eigenvalue weighted by Gasteiger charge is 2.28. The molecule has 1 aliphatic rings. The first-order chi connectivity index (χ1) is 14.0. The zero-order valence-electron chi connectivity index (χ0n) is 17.4. The Hall–Kier alpha value is -2.66. The molecular formula is C24H29NO4. The van der Waals surface area contributed by atoms with Gasteiger partial charge >= 0.3 is 0 Å². The van der Waals surface area contributed by atoms with Crippen LogP contribution in [0.3, 0.4) is 0 Å². The molecule has 1 aliphatic heterocycles. The fourth-order valence-electron chi connectivity index (χ4n) is 3.52. The summed E-state index contributed by atoms with van der Waals surface area (Å²) in [4.78, 5) is 27.4. The number of ether oxygens (including phenoxy) is 2. The van der Waals surface area contributed by atoms with Crippen molar-refractivity contribution in [2.24, 2.45) is 5.92 Å². The molecule has 29 heavy (non-hydrogen) atoms. The number of carbonyl (C=O) groups excluding carboxylic acids is 2. The molecule has 0 atom stereocenters. The third-order valence-corrected chi connectivity index (χ3v) is 5.31. The van der Waals surface area contributed by atoms with Gasteiger partial charge in [0.15, 0.2) is 5.78 Å². The zero-order valence-corrected chi connectivity index (χ0v) is 17.4. The second kappa shape index (κ2) is 9.70. The van der Waals surface area contributed by atoms with Crippen LogP contribution in [0.15, 0.2) is 48.5 Å². The van der Waals surface area contributed by atoms with Crippen molar-refractivity contribution in [3.05, 3.63) is 65.2 Å². The van der Waals surface area contributed by atoms with Gasteiger partial charge in [-0.1, -0.05) is 12.1 Å². The average molecular weight is 395 g/mol. The van der Waals surface area contributed by atoms with Crippen molar-refractivity contribution in [1.82, 2.24) is 4.90 Å². The Balaban J connectivity index is 1.54. The number of hydrogen-bond acceptors (Lipinski definition) is 4. The van der Waals surface area contributed by atoms with Crippen LogP contribution in [0.5, 0.6) is 5.75 Å². The van der Waals surface area contributed by atoms with Crippen LogP contribution in [-0.4, -0.2) is 42.9 Å². The maximum atomic E-state index is 12.8. The molecule has 0 saturated carbocycles. The van der Waals surface area contributed by atoms with E-state index in [0.29, 0.717) is 43.7 Å². The third kappa shape index (κ3) is 5.45. The van der Waals surface area contributed by atoms with Crippen molar-refractivity contribution >= 4 is 11.7 Å². The van der Waals surface area contributed by atoms with Gasteiger partial charge in [0.25, 0.3) is 5.91 Å². The highest BCUT2D eigenvalue weighted by molar-refractivity contribution is 5.98. The average Bonchev–Trinajstić information content (AvgIpc) is 2.77. The second-order valence-electron chi connectivity index (χ2n) is 7.72. The number of nitrogens with zero attached hydrogens (tertiary/aromatic N) is 1. The van der Waals surface area contributed by atoms with Crippen LogP contribution in [0.25, 0.3) is 0 Å². The Kier molecular flexibility index (Phi) is 7.04. The number of methoxy groups -OCH3 is 1. The van der Waals surface area contributed by atoms with Gasteiger partial charge in [-0.2, -0.15) is 0 Å². The lowest BCUT2D eigenvalue weighted by Crippen LogP contribution is -2.40. The number of amides is 1. The minimum Gasteiger partial charge on any atom is -0.497 e. The number of rotatable bonds is 7. The topological polar surface area (TPSA) is 55.8 Å². The smallest absolute Gasteiger partial charge is 0.253 e. The van der Waals surface area contributed by atoms with Crippen molar-refractivity contribution in [2.75, 3.05) is 20.2 Å². The van der Waals surface area contributed by atoms with Gasteiger partial charge in [-0.3, -0.25) is 9.59 Å². The Morgan fingerprint density at radius 2 is 1.55 bits per heavy atom. The number of piperidine rings is 1. The normalized spacial score (nSPS) is 14.8. The largest absolute Gasteiger partial charge is 0.497 e. The molecule has 1 saturated heterocycles. The number of ketones is 1. The van der Waals surface area contributed by atoms with E-state index in [4.69, 9.17) is 9.47 Å². The van der Waals surface area contributed by atoms with Crippen molar-refractivity contribution in [2.45, 2.75) is 39.4 Å². The molecule has 0 aliphatic carbocycles. The predicted octanol–water partition coefficient (Wildman–Crippen LogP) is 4.36. The van der Waals surface area contributed by atoms with Crippen LogP contribution < -0.4 is 4.74 Å². The molecule has 0 N–H and O–H groups in total. The SMILES string of the molecule is COc1ccc(C(=O)C2CCN(C(=O)c3ccc(COC(C)C)cc3)CC2)cc1. The Bertz CT molecular complexity index is 819. The Labute approximate surface area is 172 Å². The number of Topliss-reactive ketones (excluding diaryl/α,β-unsaturated/α-hetero) is 1. The van der Waals surface area contributed by atoms with E-state index in [0.717, 1.165) is 11.3 Å². The second-order valence-corrected chi connectivity index (χ2v) is 7.72. The Morgan fingerprint density at radius 1 is 0.966 bits per heavy atom. The van der Waals surface area contributed by atoms with Crippen LogP contribution in [-0.2, 0) is 11.3 Å². The molecular weight excluding hydrogens is 366 g/mol. The van der Waals surface area contributed by atoms with Gasteiger partial charge in [0.05, 0.1) is 19.8 Å². The zero-order chi connectivity index (χ0) is 20.8. The molecule has 1 amide bonds. The molecule has 1 fully saturated rings. The lowest BCUT2D eigenvalue weighted by molar-refractivity contribution is 0.0644. The van der Waals surface area contributed by atoms with Crippen molar-refractivity contribution in [1.29, 1.82) is 0 Å². The number of benzene rings is 2. The first-order valence-electron chi connectivity index (χ1n) is 10.2. The van der Waals surface area contributed by atoms with Crippen molar-refractivity contribution in [3.63, 3.8) is 0 Å².